The molecule has 0 atom stereocenters. The Hall–Kier alpha value is -1.97. The molecule has 0 heterocycles. The number of ketones is 2. The molecule has 0 radical (unpaired) electrons. The fraction of sp³-hybridized carbons (Fsp3) is 0.591. The van der Waals surface area contributed by atoms with Gasteiger partial charge in [0.15, 0.2) is 11.6 Å². The molecule has 0 saturated carbocycles. The van der Waals surface area contributed by atoms with Gasteiger partial charge in [0.1, 0.15) is 5.60 Å². The number of carbonyl (C=O) groups is 3. The normalized spacial score (nSPS) is 11.9. The monoisotopic (exact) mass is 362 g/mol. The van der Waals surface area contributed by atoms with Crippen LogP contribution in [0.15, 0.2) is 24.3 Å². The summed E-state index contributed by atoms with van der Waals surface area (Å²) in [5.41, 5.74) is 0.156. The number of ether oxygens (including phenoxy) is 1. The zero-order chi connectivity index (χ0) is 20.9. The highest BCUT2D eigenvalue weighted by Crippen LogP contribution is 2.21. The molecule has 0 fully saturated rings. The van der Waals surface area contributed by atoms with Gasteiger partial charge in [-0.3, -0.25) is 14.4 Å². The minimum absolute atomic E-state index is 0.0183. The van der Waals surface area contributed by atoms with Crippen LogP contribution in [0.1, 0.15) is 90.0 Å². The van der Waals surface area contributed by atoms with E-state index in [1.54, 1.807) is 24.3 Å². The number of carbonyl (C=O) groups excluding carboxylic acids is 3. The summed E-state index contributed by atoms with van der Waals surface area (Å²) in [4.78, 5) is 34.2. The lowest BCUT2D eigenvalue weighted by molar-refractivity contribution is -0.164. The lowest BCUT2D eigenvalue weighted by Crippen LogP contribution is -2.31. The van der Waals surface area contributed by atoms with Crippen molar-refractivity contribution in [2.45, 2.75) is 74.8 Å². The van der Waals surface area contributed by atoms with E-state index in [4.69, 9.17) is 4.74 Å². The molecule has 0 saturated heterocycles. The maximum Gasteiger partial charge on any atom is 0.311 e. The van der Waals surface area contributed by atoms with Gasteiger partial charge < -0.3 is 4.74 Å². The molecule has 0 spiro atoms. The minimum Gasteiger partial charge on any atom is -0.460 e. The van der Waals surface area contributed by atoms with E-state index in [-0.39, 0.29) is 28.6 Å². The summed E-state index contributed by atoms with van der Waals surface area (Å²) in [5, 5.41) is 0. The molecule has 0 aliphatic heterocycles. The Bertz CT molecular complexity index is 633. The molecule has 0 unspecified atom stereocenters. The summed E-state index contributed by atoms with van der Waals surface area (Å²) in [5.74, 6) is -0.0349. The summed E-state index contributed by atoms with van der Waals surface area (Å²) in [6.07, 6.45) is 0. The molecule has 146 valence electrons. The average molecular weight is 363 g/mol. The Morgan fingerprint density at radius 3 is 1.31 bits per heavy atom. The van der Waals surface area contributed by atoms with E-state index in [2.05, 4.69) is 0 Å². The van der Waals surface area contributed by atoms with Gasteiger partial charge >= 0.3 is 5.97 Å². The van der Waals surface area contributed by atoms with E-state index < -0.39 is 5.41 Å². The third kappa shape index (κ3) is 8.93. The highest BCUT2D eigenvalue weighted by Gasteiger charge is 2.27. The van der Waals surface area contributed by atoms with Gasteiger partial charge in [-0.05, 0) is 48.5 Å². The summed E-state index contributed by atoms with van der Waals surface area (Å²) >= 11 is 0. The summed E-state index contributed by atoms with van der Waals surface area (Å²) < 4.78 is 5.16. The molecule has 1 aromatic carbocycles. The van der Waals surface area contributed by atoms with Crippen LogP contribution in [-0.4, -0.2) is 23.1 Å². The van der Waals surface area contributed by atoms with Crippen LogP contribution in [-0.2, 0) is 9.53 Å². The van der Waals surface area contributed by atoms with Crippen molar-refractivity contribution < 1.29 is 19.1 Å². The molecule has 4 heteroatoms. The molecule has 0 aliphatic rings. The van der Waals surface area contributed by atoms with E-state index in [1.165, 1.54) is 6.92 Å². The van der Waals surface area contributed by atoms with Crippen LogP contribution in [0.5, 0.6) is 0 Å². The average Bonchev–Trinajstić information content (AvgIpc) is 2.43. The molecule has 1 aromatic rings. The van der Waals surface area contributed by atoms with Crippen LogP contribution in [0.4, 0.5) is 0 Å². The van der Waals surface area contributed by atoms with Gasteiger partial charge in [-0.1, -0.05) is 45.0 Å². The Morgan fingerprint density at radius 1 is 0.692 bits per heavy atom. The van der Waals surface area contributed by atoms with Gasteiger partial charge in [-0.2, -0.15) is 0 Å². The lowest BCUT2D eigenvalue weighted by Gasteiger charge is -2.25. The molecule has 0 aromatic heterocycles. The van der Waals surface area contributed by atoms with Crippen LogP contribution in [0.2, 0.25) is 0 Å². The van der Waals surface area contributed by atoms with Crippen molar-refractivity contribution in [3.8, 4) is 0 Å². The smallest absolute Gasteiger partial charge is 0.311 e. The van der Waals surface area contributed by atoms with Gasteiger partial charge in [0.25, 0.3) is 0 Å². The van der Waals surface area contributed by atoms with Gasteiger partial charge in [-0.25, -0.2) is 0 Å². The summed E-state index contributed by atoms with van der Waals surface area (Å²) in [7, 11) is 0. The standard InChI is InChI=1S/C13H16O2.C9H18O2/c1-9(14)10-5-7-11(8-6-10)12(15)13(2,3)4;1-8(2,3)7(10)11-9(4,5)6/h5-8H,1-4H3;1-6H3. The van der Waals surface area contributed by atoms with Crippen molar-refractivity contribution in [2.75, 3.05) is 0 Å². The predicted octanol–water partition coefficient (Wildman–Crippen LogP) is 5.49. The molecule has 4 nitrogen and oxygen atoms in total. The van der Waals surface area contributed by atoms with E-state index in [0.717, 1.165) is 0 Å². The van der Waals surface area contributed by atoms with Gasteiger partial charge in [0.2, 0.25) is 0 Å². The second kappa shape index (κ2) is 8.61. The zero-order valence-electron chi connectivity index (χ0n) is 17.9. The maximum atomic E-state index is 11.9. The van der Waals surface area contributed by atoms with Gasteiger partial charge in [0, 0.05) is 16.5 Å². The Balaban J connectivity index is 0.000000508. The first kappa shape index (κ1) is 24.0. The summed E-state index contributed by atoms with van der Waals surface area (Å²) in [6.45, 7) is 18.3. The molecular weight excluding hydrogens is 328 g/mol. The topological polar surface area (TPSA) is 60.4 Å². The molecule has 26 heavy (non-hydrogen) atoms. The van der Waals surface area contributed by atoms with E-state index >= 15 is 0 Å². The first-order valence-electron chi connectivity index (χ1n) is 8.84. The third-order valence-electron chi connectivity index (χ3n) is 3.25. The quantitative estimate of drug-likeness (QED) is 0.515. The molecule has 0 amide bonds. The molecule has 1 rings (SSSR count). The van der Waals surface area contributed by atoms with Crippen molar-refractivity contribution in [1.82, 2.24) is 0 Å². The van der Waals surface area contributed by atoms with Crippen LogP contribution in [0.3, 0.4) is 0 Å². The third-order valence-corrected chi connectivity index (χ3v) is 3.25. The van der Waals surface area contributed by atoms with Crippen molar-refractivity contribution in [3.05, 3.63) is 35.4 Å². The predicted molar refractivity (Wildman–Crippen MR) is 106 cm³/mol. The number of esters is 1. The maximum absolute atomic E-state index is 11.9. The Labute approximate surface area is 158 Å². The first-order chi connectivity index (χ1) is 11.4. The Morgan fingerprint density at radius 2 is 1.08 bits per heavy atom. The van der Waals surface area contributed by atoms with Gasteiger partial charge in [-0.15, -0.1) is 0 Å². The van der Waals surface area contributed by atoms with Crippen molar-refractivity contribution in [2.24, 2.45) is 10.8 Å². The fourth-order valence-electron chi connectivity index (χ4n) is 1.72. The van der Waals surface area contributed by atoms with Crippen LogP contribution in [0.25, 0.3) is 0 Å². The van der Waals surface area contributed by atoms with Gasteiger partial charge in [0.05, 0.1) is 5.41 Å². The van der Waals surface area contributed by atoms with Crippen molar-refractivity contribution in [1.29, 1.82) is 0 Å². The highest BCUT2D eigenvalue weighted by molar-refractivity contribution is 6.01. The highest BCUT2D eigenvalue weighted by atomic mass is 16.6. The van der Waals surface area contributed by atoms with Crippen LogP contribution >= 0.6 is 0 Å². The second-order valence-corrected chi connectivity index (χ2v) is 9.46. The second-order valence-electron chi connectivity index (χ2n) is 9.46. The Kier molecular flexibility index (Phi) is 7.96. The van der Waals surface area contributed by atoms with E-state index in [9.17, 15) is 14.4 Å². The molecule has 0 aliphatic carbocycles. The van der Waals surface area contributed by atoms with Crippen LogP contribution in [0, 0.1) is 10.8 Å². The first-order valence-corrected chi connectivity index (χ1v) is 8.84. The fourth-order valence-corrected chi connectivity index (χ4v) is 1.72. The number of hydrogen-bond donors (Lipinski definition) is 0. The number of Topliss-reactive ketones (excluding diaryl/α,β-unsaturated/α-hetero) is 2. The van der Waals surface area contributed by atoms with Crippen LogP contribution < -0.4 is 0 Å². The lowest BCUT2D eigenvalue weighted by atomic mass is 9.86. The SMILES string of the molecule is CC(=O)c1ccc(C(=O)C(C)(C)C)cc1.CC(C)(C)OC(=O)C(C)(C)C. The summed E-state index contributed by atoms with van der Waals surface area (Å²) in [6, 6.07) is 6.82. The number of hydrogen-bond acceptors (Lipinski definition) is 4. The largest absolute Gasteiger partial charge is 0.460 e. The number of rotatable bonds is 2. The molecule has 0 bridgehead atoms. The molecular formula is C22H34O4. The van der Waals surface area contributed by atoms with E-state index in [1.807, 2.05) is 62.3 Å². The minimum atomic E-state index is -0.396. The number of benzene rings is 1. The molecule has 0 N–H and O–H groups in total. The van der Waals surface area contributed by atoms with Crippen molar-refractivity contribution in [3.63, 3.8) is 0 Å². The zero-order valence-corrected chi connectivity index (χ0v) is 17.9. The van der Waals surface area contributed by atoms with Crippen molar-refractivity contribution >= 4 is 17.5 Å². The van der Waals surface area contributed by atoms with E-state index in [0.29, 0.717) is 11.1 Å².